The van der Waals surface area contributed by atoms with E-state index in [1.54, 1.807) is 6.92 Å². The van der Waals surface area contributed by atoms with E-state index in [9.17, 15) is 5.11 Å². The maximum Gasteiger partial charge on any atom is 0.0761 e. The van der Waals surface area contributed by atoms with Gasteiger partial charge in [0.1, 0.15) is 0 Å². The van der Waals surface area contributed by atoms with Crippen molar-refractivity contribution in [1.29, 1.82) is 0 Å². The van der Waals surface area contributed by atoms with E-state index in [1.807, 2.05) is 12.1 Å². The Labute approximate surface area is 114 Å². The van der Waals surface area contributed by atoms with E-state index in [1.165, 1.54) is 16.9 Å². The molecule has 19 heavy (non-hydrogen) atoms. The molecule has 0 saturated carbocycles. The van der Waals surface area contributed by atoms with Gasteiger partial charge in [0.15, 0.2) is 0 Å². The average Bonchev–Trinajstić information content (AvgIpc) is 2.74. The topological polar surface area (TPSA) is 23.5 Å². The summed E-state index contributed by atoms with van der Waals surface area (Å²) >= 11 is 0. The molecule has 1 aliphatic heterocycles. The Bertz CT molecular complexity index is 574. The Morgan fingerprint density at radius 1 is 1.11 bits per heavy atom. The molecule has 98 valence electrons. The standard InChI is InChI=1S/C17H19NO/c1-12-11-15-5-3-4-6-17(15)18(12)16-9-7-14(8-10-16)13(2)19/h3-10,12-13,19H,11H2,1-2H3/t12?,13-/m0/s1. The van der Waals surface area contributed by atoms with Gasteiger partial charge in [-0.15, -0.1) is 0 Å². The van der Waals surface area contributed by atoms with Gasteiger partial charge in [0, 0.05) is 17.4 Å². The number of anilines is 2. The fourth-order valence-electron chi connectivity index (χ4n) is 2.87. The highest BCUT2D eigenvalue weighted by Gasteiger charge is 2.26. The summed E-state index contributed by atoms with van der Waals surface area (Å²) < 4.78 is 0. The third-order valence-electron chi connectivity index (χ3n) is 3.86. The van der Waals surface area contributed by atoms with Gasteiger partial charge in [-0.05, 0) is 49.6 Å². The Balaban J connectivity index is 1.98. The van der Waals surface area contributed by atoms with Gasteiger partial charge >= 0.3 is 0 Å². The summed E-state index contributed by atoms with van der Waals surface area (Å²) in [5, 5.41) is 9.58. The molecular formula is C17H19NO. The molecule has 2 aromatic rings. The van der Waals surface area contributed by atoms with Crippen molar-refractivity contribution in [1.82, 2.24) is 0 Å². The van der Waals surface area contributed by atoms with Crippen molar-refractivity contribution in [3.8, 4) is 0 Å². The normalized spacial score (nSPS) is 19.3. The van der Waals surface area contributed by atoms with Crippen LogP contribution in [0.25, 0.3) is 0 Å². The van der Waals surface area contributed by atoms with Gasteiger partial charge in [-0.1, -0.05) is 30.3 Å². The van der Waals surface area contributed by atoms with Crippen LogP contribution in [0, 0.1) is 0 Å². The van der Waals surface area contributed by atoms with E-state index in [-0.39, 0.29) is 0 Å². The fraction of sp³-hybridized carbons (Fsp3) is 0.294. The average molecular weight is 253 g/mol. The van der Waals surface area contributed by atoms with Gasteiger partial charge in [-0.25, -0.2) is 0 Å². The van der Waals surface area contributed by atoms with Gasteiger partial charge in [0.2, 0.25) is 0 Å². The van der Waals surface area contributed by atoms with Gasteiger partial charge in [0.25, 0.3) is 0 Å². The van der Waals surface area contributed by atoms with E-state index >= 15 is 0 Å². The second-order valence-corrected chi connectivity index (χ2v) is 5.32. The summed E-state index contributed by atoms with van der Waals surface area (Å²) in [5.74, 6) is 0. The first-order valence-electron chi connectivity index (χ1n) is 6.82. The Kier molecular flexibility index (Phi) is 3.03. The minimum absolute atomic E-state index is 0.405. The zero-order valence-electron chi connectivity index (χ0n) is 11.4. The van der Waals surface area contributed by atoms with Crippen LogP contribution in [0.3, 0.4) is 0 Å². The lowest BCUT2D eigenvalue weighted by Gasteiger charge is -2.25. The van der Waals surface area contributed by atoms with Gasteiger partial charge in [0.05, 0.1) is 6.10 Å². The van der Waals surface area contributed by atoms with E-state index in [2.05, 4.69) is 48.2 Å². The zero-order chi connectivity index (χ0) is 13.4. The van der Waals surface area contributed by atoms with Crippen LogP contribution in [-0.4, -0.2) is 11.1 Å². The number of benzene rings is 2. The molecular weight excluding hydrogens is 234 g/mol. The number of rotatable bonds is 2. The van der Waals surface area contributed by atoms with Crippen LogP contribution < -0.4 is 4.90 Å². The lowest BCUT2D eigenvalue weighted by Crippen LogP contribution is -2.23. The Morgan fingerprint density at radius 2 is 1.79 bits per heavy atom. The summed E-state index contributed by atoms with van der Waals surface area (Å²) in [6.07, 6.45) is 0.686. The molecule has 1 unspecified atom stereocenters. The Morgan fingerprint density at radius 3 is 2.47 bits per heavy atom. The number of hydrogen-bond donors (Lipinski definition) is 1. The molecule has 1 N–H and O–H groups in total. The molecule has 3 rings (SSSR count). The molecule has 0 amide bonds. The highest BCUT2D eigenvalue weighted by Crippen LogP contribution is 2.38. The molecule has 2 atom stereocenters. The number of fused-ring (bicyclic) bond motifs is 1. The van der Waals surface area contributed by atoms with E-state index < -0.39 is 6.10 Å². The van der Waals surface area contributed by atoms with Crippen LogP contribution in [0.1, 0.15) is 31.1 Å². The van der Waals surface area contributed by atoms with Crippen molar-refractivity contribution in [2.75, 3.05) is 4.90 Å². The smallest absolute Gasteiger partial charge is 0.0761 e. The minimum Gasteiger partial charge on any atom is -0.389 e. The predicted octanol–water partition coefficient (Wildman–Crippen LogP) is 3.82. The zero-order valence-corrected chi connectivity index (χ0v) is 11.4. The van der Waals surface area contributed by atoms with Crippen molar-refractivity contribution >= 4 is 11.4 Å². The quantitative estimate of drug-likeness (QED) is 0.879. The molecule has 0 aromatic heterocycles. The first-order chi connectivity index (χ1) is 9.16. The van der Waals surface area contributed by atoms with Gasteiger partial charge < -0.3 is 10.0 Å². The number of aliphatic hydroxyl groups is 1. The highest BCUT2D eigenvalue weighted by molar-refractivity contribution is 5.71. The first-order valence-corrected chi connectivity index (χ1v) is 6.82. The Hall–Kier alpha value is -1.80. The second kappa shape index (κ2) is 4.71. The maximum absolute atomic E-state index is 9.58. The number of para-hydroxylation sites is 1. The summed E-state index contributed by atoms with van der Waals surface area (Å²) in [4.78, 5) is 2.38. The molecule has 0 bridgehead atoms. The molecule has 2 heteroatoms. The molecule has 0 spiro atoms. The van der Waals surface area contributed by atoms with Crippen LogP contribution in [0.15, 0.2) is 48.5 Å². The lowest BCUT2D eigenvalue weighted by atomic mass is 10.1. The monoisotopic (exact) mass is 253 g/mol. The minimum atomic E-state index is -0.405. The van der Waals surface area contributed by atoms with Crippen LogP contribution >= 0.6 is 0 Å². The molecule has 1 aliphatic rings. The fourth-order valence-corrected chi connectivity index (χ4v) is 2.87. The first kappa shape index (κ1) is 12.2. The maximum atomic E-state index is 9.58. The summed E-state index contributed by atoms with van der Waals surface area (Å²) in [5.41, 5.74) is 4.88. The predicted molar refractivity (Wildman–Crippen MR) is 78.8 cm³/mol. The van der Waals surface area contributed by atoms with Crippen LogP contribution in [0.5, 0.6) is 0 Å². The summed E-state index contributed by atoms with van der Waals surface area (Å²) in [6.45, 7) is 4.05. The summed E-state index contributed by atoms with van der Waals surface area (Å²) in [7, 11) is 0. The third kappa shape index (κ3) is 2.13. The molecule has 0 fully saturated rings. The van der Waals surface area contributed by atoms with Crippen molar-refractivity contribution in [2.45, 2.75) is 32.4 Å². The van der Waals surface area contributed by atoms with Crippen LogP contribution in [0.2, 0.25) is 0 Å². The van der Waals surface area contributed by atoms with Crippen LogP contribution in [0.4, 0.5) is 11.4 Å². The third-order valence-corrected chi connectivity index (χ3v) is 3.86. The van der Waals surface area contributed by atoms with Crippen molar-refractivity contribution < 1.29 is 5.11 Å². The van der Waals surface area contributed by atoms with Gasteiger partial charge in [-0.3, -0.25) is 0 Å². The van der Waals surface area contributed by atoms with E-state index in [0.29, 0.717) is 6.04 Å². The molecule has 0 saturated heterocycles. The van der Waals surface area contributed by atoms with Crippen molar-refractivity contribution in [2.24, 2.45) is 0 Å². The van der Waals surface area contributed by atoms with Crippen molar-refractivity contribution in [3.05, 3.63) is 59.7 Å². The highest BCUT2D eigenvalue weighted by atomic mass is 16.3. The van der Waals surface area contributed by atoms with Crippen molar-refractivity contribution in [3.63, 3.8) is 0 Å². The second-order valence-electron chi connectivity index (χ2n) is 5.32. The molecule has 2 nitrogen and oxygen atoms in total. The van der Waals surface area contributed by atoms with E-state index in [0.717, 1.165) is 12.0 Å². The number of aliphatic hydroxyl groups excluding tert-OH is 1. The molecule has 0 aliphatic carbocycles. The lowest BCUT2D eigenvalue weighted by molar-refractivity contribution is 0.199. The van der Waals surface area contributed by atoms with Crippen LogP contribution in [-0.2, 0) is 6.42 Å². The molecule has 1 heterocycles. The number of nitrogens with zero attached hydrogens (tertiary/aromatic N) is 1. The molecule has 0 radical (unpaired) electrons. The van der Waals surface area contributed by atoms with Gasteiger partial charge in [-0.2, -0.15) is 0 Å². The number of hydrogen-bond acceptors (Lipinski definition) is 2. The largest absolute Gasteiger partial charge is 0.389 e. The summed E-state index contributed by atoms with van der Waals surface area (Å²) in [6, 6.07) is 17.3. The molecule has 2 aromatic carbocycles. The van der Waals surface area contributed by atoms with E-state index in [4.69, 9.17) is 0 Å². The SMILES string of the molecule is CC1Cc2ccccc2N1c1ccc([C@H](C)O)cc1.